The van der Waals surface area contributed by atoms with Crippen LogP contribution in [-0.2, 0) is 9.53 Å². The van der Waals surface area contributed by atoms with Crippen molar-refractivity contribution in [2.24, 2.45) is 5.92 Å². The third-order valence-electron chi connectivity index (χ3n) is 3.12. The van der Waals surface area contributed by atoms with Gasteiger partial charge in [0.05, 0.1) is 5.92 Å². The number of rotatable bonds is 6. The summed E-state index contributed by atoms with van der Waals surface area (Å²) in [6, 6.07) is 8.68. The first-order valence-electron chi connectivity index (χ1n) is 6.06. The minimum absolute atomic E-state index is 0.0827. The maximum atomic E-state index is 12.4. The Hall–Kier alpha value is -1.92. The number of terminal acetylenes is 1. The van der Waals surface area contributed by atoms with E-state index in [1.54, 1.807) is 38.1 Å². The highest BCUT2D eigenvalue weighted by molar-refractivity contribution is 6.13. The zero-order valence-electron chi connectivity index (χ0n) is 11.5. The van der Waals surface area contributed by atoms with Gasteiger partial charge in [0.2, 0.25) is 0 Å². The molecule has 0 radical (unpaired) electrons. The van der Waals surface area contributed by atoms with Gasteiger partial charge < -0.3 is 4.74 Å². The number of ketones is 2. The Labute approximate surface area is 114 Å². The number of carbonyl (C=O) groups is 2. The van der Waals surface area contributed by atoms with Crippen LogP contribution in [0.15, 0.2) is 30.3 Å². The molecule has 0 aliphatic carbocycles. The maximum absolute atomic E-state index is 12.4. The van der Waals surface area contributed by atoms with E-state index in [0.717, 1.165) is 0 Å². The van der Waals surface area contributed by atoms with Gasteiger partial charge in [-0.3, -0.25) is 9.59 Å². The van der Waals surface area contributed by atoms with Crippen molar-refractivity contribution in [3.05, 3.63) is 35.9 Å². The van der Waals surface area contributed by atoms with Crippen LogP contribution in [0.5, 0.6) is 0 Å². The molecule has 1 rings (SSSR count). The van der Waals surface area contributed by atoms with Gasteiger partial charge in [0.15, 0.2) is 11.6 Å². The summed E-state index contributed by atoms with van der Waals surface area (Å²) in [7, 11) is 1.44. The van der Waals surface area contributed by atoms with Gasteiger partial charge in [-0.15, -0.1) is 12.3 Å². The molecule has 100 valence electrons. The molecule has 0 amide bonds. The molecule has 0 aliphatic heterocycles. The molecule has 0 bridgehead atoms. The van der Waals surface area contributed by atoms with Crippen LogP contribution in [0.2, 0.25) is 0 Å². The summed E-state index contributed by atoms with van der Waals surface area (Å²) in [5.74, 6) is 0.994. The van der Waals surface area contributed by atoms with Crippen LogP contribution >= 0.6 is 0 Å². The summed E-state index contributed by atoms with van der Waals surface area (Å²) in [5.41, 5.74) is -0.533. The van der Waals surface area contributed by atoms with Crippen LogP contribution in [0, 0.1) is 18.3 Å². The number of Topliss-reactive ketones (excluding diaryl/α,β-unsaturated/α-hetero) is 2. The largest absolute Gasteiger partial charge is 0.371 e. The first kappa shape index (κ1) is 15.1. The van der Waals surface area contributed by atoms with Gasteiger partial charge in [-0.2, -0.15) is 0 Å². The molecule has 0 unspecified atom stereocenters. The zero-order chi connectivity index (χ0) is 14.5. The Morgan fingerprint density at radius 3 is 2.37 bits per heavy atom. The molecule has 0 spiro atoms. The van der Waals surface area contributed by atoms with Gasteiger partial charge in [0.25, 0.3) is 0 Å². The lowest BCUT2D eigenvalue weighted by Crippen LogP contribution is -2.41. The Kier molecular flexibility index (Phi) is 5.02. The summed E-state index contributed by atoms with van der Waals surface area (Å²) in [6.45, 7) is 3.27. The summed E-state index contributed by atoms with van der Waals surface area (Å²) in [5, 5.41) is 0. The van der Waals surface area contributed by atoms with Crippen molar-refractivity contribution >= 4 is 11.6 Å². The first-order valence-corrected chi connectivity index (χ1v) is 6.06. The van der Waals surface area contributed by atoms with E-state index in [9.17, 15) is 9.59 Å². The fourth-order valence-corrected chi connectivity index (χ4v) is 1.75. The molecule has 0 aliphatic rings. The second kappa shape index (κ2) is 6.31. The predicted octanol–water partition coefficient (Wildman–Crippen LogP) is 2.50. The predicted molar refractivity (Wildman–Crippen MR) is 73.8 cm³/mol. The lowest BCUT2D eigenvalue weighted by molar-refractivity contribution is -0.139. The van der Waals surface area contributed by atoms with Crippen LogP contribution in [0.25, 0.3) is 0 Å². The maximum Gasteiger partial charge on any atom is 0.175 e. The number of carbonyl (C=O) groups excluding carboxylic acids is 2. The second-order valence-electron chi connectivity index (χ2n) is 4.77. The summed E-state index contributed by atoms with van der Waals surface area (Å²) in [4.78, 5) is 24.7. The van der Waals surface area contributed by atoms with Crippen molar-refractivity contribution < 1.29 is 14.3 Å². The normalized spacial score (nSPS) is 12.5. The van der Waals surface area contributed by atoms with Gasteiger partial charge in [-0.25, -0.2) is 0 Å². The lowest BCUT2D eigenvalue weighted by atomic mass is 9.84. The molecule has 0 N–H and O–H groups in total. The van der Waals surface area contributed by atoms with E-state index in [0.29, 0.717) is 5.56 Å². The third kappa shape index (κ3) is 3.52. The minimum Gasteiger partial charge on any atom is -0.371 e. The molecule has 19 heavy (non-hydrogen) atoms. The van der Waals surface area contributed by atoms with E-state index >= 15 is 0 Å². The molecule has 0 heterocycles. The van der Waals surface area contributed by atoms with Crippen molar-refractivity contribution in [1.29, 1.82) is 0 Å². The van der Waals surface area contributed by atoms with E-state index in [1.165, 1.54) is 7.11 Å². The standard InChI is InChI=1S/C16H18O3/c1-5-9-13(15(18)16(2,3)19-4)14(17)12-10-7-6-8-11-12/h1,6-8,10-11,13H,9H2,2-4H3/t13-/m1/s1. The van der Waals surface area contributed by atoms with Crippen molar-refractivity contribution in [3.8, 4) is 12.3 Å². The molecule has 1 atom stereocenters. The van der Waals surface area contributed by atoms with Crippen molar-refractivity contribution in [2.45, 2.75) is 25.9 Å². The Morgan fingerprint density at radius 2 is 1.89 bits per heavy atom. The summed E-state index contributed by atoms with van der Waals surface area (Å²) >= 11 is 0. The smallest absolute Gasteiger partial charge is 0.175 e. The number of benzene rings is 1. The van der Waals surface area contributed by atoms with Crippen LogP contribution in [-0.4, -0.2) is 24.3 Å². The second-order valence-corrected chi connectivity index (χ2v) is 4.77. The minimum atomic E-state index is -1.02. The molecule has 1 aromatic carbocycles. The van der Waals surface area contributed by atoms with Crippen LogP contribution in [0.1, 0.15) is 30.6 Å². The Morgan fingerprint density at radius 1 is 1.32 bits per heavy atom. The first-order chi connectivity index (χ1) is 8.94. The quantitative estimate of drug-likeness (QED) is 0.447. The number of hydrogen-bond donors (Lipinski definition) is 0. The van der Waals surface area contributed by atoms with E-state index in [-0.39, 0.29) is 18.0 Å². The summed E-state index contributed by atoms with van der Waals surface area (Å²) in [6.07, 6.45) is 5.36. The fourth-order valence-electron chi connectivity index (χ4n) is 1.75. The van der Waals surface area contributed by atoms with E-state index < -0.39 is 11.5 Å². The lowest BCUT2D eigenvalue weighted by Gasteiger charge is -2.25. The third-order valence-corrected chi connectivity index (χ3v) is 3.12. The van der Waals surface area contributed by atoms with E-state index in [1.807, 2.05) is 6.07 Å². The Bertz CT molecular complexity index is 494. The van der Waals surface area contributed by atoms with Crippen LogP contribution in [0.4, 0.5) is 0 Å². The van der Waals surface area contributed by atoms with Crippen LogP contribution < -0.4 is 0 Å². The van der Waals surface area contributed by atoms with Gasteiger partial charge in [0.1, 0.15) is 5.60 Å². The number of hydrogen-bond acceptors (Lipinski definition) is 3. The topological polar surface area (TPSA) is 43.4 Å². The van der Waals surface area contributed by atoms with Gasteiger partial charge >= 0.3 is 0 Å². The Balaban J connectivity index is 3.06. The average molecular weight is 258 g/mol. The monoisotopic (exact) mass is 258 g/mol. The highest BCUT2D eigenvalue weighted by Gasteiger charge is 2.37. The van der Waals surface area contributed by atoms with Gasteiger partial charge in [-0.05, 0) is 13.8 Å². The zero-order valence-corrected chi connectivity index (χ0v) is 11.5. The van der Waals surface area contributed by atoms with Gasteiger partial charge in [-0.1, -0.05) is 30.3 Å². The molecular formula is C16H18O3. The van der Waals surface area contributed by atoms with Crippen LogP contribution in [0.3, 0.4) is 0 Å². The molecular weight excluding hydrogens is 240 g/mol. The molecule has 0 aromatic heterocycles. The molecule has 0 saturated heterocycles. The highest BCUT2D eigenvalue weighted by atomic mass is 16.5. The summed E-state index contributed by atoms with van der Waals surface area (Å²) < 4.78 is 5.14. The van der Waals surface area contributed by atoms with Crippen molar-refractivity contribution in [2.75, 3.05) is 7.11 Å². The van der Waals surface area contributed by atoms with Crippen molar-refractivity contribution in [3.63, 3.8) is 0 Å². The molecule has 3 heteroatoms. The highest BCUT2D eigenvalue weighted by Crippen LogP contribution is 2.21. The SMILES string of the molecule is C#CC[C@H](C(=O)c1ccccc1)C(=O)C(C)(C)OC. The molecule has 0 saturated carbocycles. The van der Waals surface area contributed by atoms with E-state index in [4.69, 9.17) is 11.2 Å². The van der Waals surface area contributed by atoms with Gasteiger partial charge in [0, 0.05) is 19.1 Å². The van der Waals surface area contributed by atoms with Crippen molar-refractivity contribution in [1.82, 2.24) is 0 Å². The molecule has 1 aromatic rings. The number of ether oxygens (including phenoxy) is 1. The molecule has 3 nitrogen and oxygen atoms in total. The average Bonchev–Trinajstić information content (AvgIpc) is 2.44. The fraction of sp³-hybridized carbons (Fsp3) is 0.375. The molecule has 0 fully saturated rings. The number of methoxy groups -OCH3 is 1. The van der Waals surface area contributed by atoms with E-state index in [2.05, 4.69) is 5.92 Å².